The van der Waals surface area contributed by atoms with Gasteiger partial charge in [0, 0.05) is 0 Å². The molecule has 1 aromatic heterocycles. The molecule has 1 heterocycles. The molecule has 4 nitrogen and oxygen atoms in total. The minimum absolute atomic E-state index is 0.593. The van der Waals surface area contributed by atoms with Crippen LogP contribution in [0.4, 0.5) is 14.8 Å². The fourth-order valence-electron chi connectivity index (χ4n) is 0.234. The van der Waals surface area contributed by atoms with E-state index in [0.29, 0.717) is 0 Å². The molecule has 0 unspecified atom stereocenters. The van der Waals surface area contributed by atoms with E-state index in [4.69, 9.17) is 0 Å². The Hall–Kier alpha value is -1.20. The second kappa shape index (κ2) is 1.73. The summed E-state index contributed by atoms with van der Waals surface area (Å²) in [4.78, 5) is 0. The maximum atomic E-state index is 11.3. The summed E-state index contributed by atoms with van der Waals surface area (Å²) in [5.74, 6) is -0.593. The summed E-state index contributed by atoms with van der Waals surface area (Å²) in [5, 5.41) is 4.56. The lowest BCUT2D eigenvalue weighted by Crippen LogP contribution is -1.94. The van der Waals surface area contributed by atoms with E-state index in [1.807, 2.05) is 0 Å². The Balaban J connectivity index is 2.77. The maximum Gasteiger partial charge on any atom is 0.257 e. The zero-order chi connectivity index (χ0) is 5.98. The molecule has 0 bridgehead atoms. The van der Waals surface area contributed by atoms with Crippen molar-refractivity contribution in [1.29, 1.82) is 0 Å². The molecule has 1 rings (SSSR count). The van der Waals surface area contributed by atoms with Gasteiger partial charge in [-0.2, -0.15) is 0 Å². The zero-order valence-electron chi connectivity index (χ0n) is 3.58. The highest BCUT2D eigenvalue weighted by molar-refractivity contribution is 5.24. The molecule has 0 amide bonds. The molecule has 0 spiro atoms. The Labute approximate surface area is 42.5 Å². The van der Waals surface area contributed by atoms with Crippen LogP contribution in [0.3, 0.4) is 0 Å². The second-order valence-electron chi connectivity index (χ2n) is 0.999. The zero-order valence-corrected chi connectivity index (χ0v) is 3.58. The molecule has 0 aliphatic carbocycles. The SMILES string of the molecule is FN(F)c1cnon1. The highest BCUT2D eigenvalue weighted by atomic mass is 19.4. The minimum Gasteiger partial charge on any atom is -0.242 e. The van der Waals surface area contributed by atoms with Gasteiger partial charge >= 0.3 is 0 Å². The Kier molecular flexibility index (Phi) is 1.07. The average Bonchev–Trinajstić information content (AvgIpc) is 2.12. The predicted octanol–water partition coefficient (Wildman–Crippen LogP) is 0.645. The second-order valence-corrected chi connectivity index (χ2v) is 0.999. The number of anilines is 1. The first kappa shape index (κ1) is 4.95. The van der Waals surface area contributed by atoms with Gasteiger partial charge in [-0.05, 0) is 10.5 Å². The average molecular weight is 121 g/mol. The summed E-state index contributed by atoms with van der Waals surface area (Å²) in [5.41, 5.74) is 0. The van der Waals surface area contributed by atoms with Crippen LogP contribution in [0.25, 0.3) is 0 Å². The molecule has 0 aliphatic rings. The van der Waals surface area contributed by atoms with Crippen LogP contribution in [0, 0.1) is 0 Å². The van der Waals surface area contributed by atoms with Gasteiger partial charge in [0.25, 0.3) is 5.82 Å². The van der Waals surface area contributed by atoms with Crippen LogP contribution in [0.15, 0.2) is 10.8 Å². The molecule has 0 aliphatic heterocycles. The molecule has 0 N–H and O–H groups in total. The molecule has 0 fully saturated rings. The molecular weight excluding hydrogens is 120 g/mol. The number of hydrogen-bond acceptors (Lipinski definition) is 4. The lowest BCUT2D eigenvalue weighted by atomic mass is 10.8. The standard InChI is InChI=1S/C2HF2N3O/c3-7(4)2-1-5-8-6-2/h1H. The molecule has 44 valence electrons. The third-order valence-electron chi connectivity index (χ3n) is 0.523. The van der Waals surface area contributed by atoms with Crippen molar-refractivity contribution in [2.75, 3.05) is 5.34 Å². The van der Waals surface area contributed by atoms with Crippen molar-refractivity contribution >= 4 is 5.82 Å². The fourth-order valence-corrected chi connectivity index (χ4v) is 0.234. The number of rotatable bonds is 1. The summed E-state index contributed by atoms with van der Waals surface area (Å²) < 4.78 is 26.4. The van der Waals surface area contributed by atoms with Crippen molar-refractivity contribution in [3.8, 4) is 0 Å². The van der Waals surface area contributed by atoms with E-state index in [9.17, 15) is 8.96 Å². The highest BCUT2D eigenvalue weighted by Gasteiger charge is 2.05. The molecule has 0 radical (unpaired) electrons. The van der Waals surface area contributed by atoms with Gasteiger partial charge in [0.15, 0.2) is 0 Å². The summed E-state index contributed by atoms with van der Waals surface area (Å²) in [6.07, 6.45) is 0.806. The van der Waals surface area contributed by atoms with Crippen molar-refractivity contribution in [2.24, 2.45) is 0 Å². The minimum atomic E-state index is -1.18. The van der Waals surface area contributed by atoms with Gasteiger partial charge in [-0.1, -0.05) is 14.1 Å². The van der Waals surface area contributed by atoms with Gasteiger partial charge in [-0.15, -0.1) is 0 Å². The Morgan fingerprint density at radius 2 is 2.38 bits per heavy atom. The van der Waals surface area contributed by atoms with Crippen molar-refractivity contribution in [3.05, 3.63) is 6.20 Å². The smallest absolute Gasteiger partial charge is 0.242 e. The van der Waals surface area contributed by atoms with Gasteiger partial charge in [0.2, 0.25) is 0 Å². The van der Waals surface area contributed by atoms with E-state index in [0.717, 1.165) is 6.20 Å². The summed E-state index contributed by atoms with van der Waals surface area (Å²) >= 11 is 0. The molecule has 0 aromatic carbocycles. The predicted molar refractivity (Wildman–Crippen MR) is 19.0 cm³/mol. The maximum absolute atomic E-state index is 11.3. The van der Waals surface area contributed by atoms with E-state index in [2.05, 4.69) is 14.9 Å². The van der Waals surface area contributed by atoms with Crippen LogP contribution < -0.4 is 5.34 Å². The van der Waals surface area contributed by atoms with Gasteiger partial charge in [-0.25, -0.2) is 4.63 Å². The van der Waals surface area contributed by atoms with Gasteiger partial charge in [0.05, 0.1) is 0 Å². The first-order valence-electron chi connectivity index (χ1n) is 1.70. The van der Waals surface area contributed by atoms with Crippen molar-refractivity contribution < 1.29 is 13.6 Å². The largest absolute Gasteiger partial charge is 0.257 e. The van der Waals surface area contributed by atoms with Crippen LogP contribution in [0.1, 0.15) is 0 Å². The third-order valence-corrected chi connectivity index (χ3v) is 0.523. The molecule has 1 aromatic rings. The van der Waals surface area contributed by atoms with Crippen LogP contribution in [0.5, 0.6) is 0 Å². The van der Waals surface area contributed by atoms with Crippen molar-refractivity contribution in [2.45, 2.75) is 0 Å². The Morgan fingerprint density at radius 3 is 2.62 bits per heavy atom. The molecular formula is C2HF2N3O. The molecule has 0 atom stereocenters. The summed E-state index contributed by atoms with van der Waals surface area (Å²) in [7, 11) is 0. The van der Waals surface area contributed by atoms with Crippen molar-refractivity contribution in [1.82, 2.24) is 10.3 Å². The topological polar surface area (TPSA) is 42.2 Å². The quantitative estimate of drug-likeness (QED) is 0.511. The van der Waals surface area contributed by atoms with E-state index >= 15 is 0 Å². The number of aromatic nitrogens is 2. The number of halogens is 2. The fraction of sp³-hybridized carbons (Fsp3) is 0. The lowest BCUT2D eigenvalue weighted by Gasteiger charge is -1.87. The van der Waals surface area contributed by atoms with Crippen LogP contribution >= 0.6 is 0 Å². The molecule has 6 heteroatoms. The molecule has 8 heavy (non-hydrogen) atoms. The first-order valence-corrected chi connectivity index (χ1v) is 1.70. The first-order chi connectivity index (χ1) is 3.80. The van der Waals surface area contributed by atoms with E-state index < -0.39 is 11.2 Å². The van der Waals surface area contributed by atoms with E-state index in [1.54, 1.807) is 0 Å². The monoisotopic (exact) mass is 121 g/mol. The van der Waals surface area contributed by atoms with E-state index in [1.165, 1.54) is 0 Å². The van der Waals surface area contributed by atoms with Gasteiger partial charge < -0.3 is 0 Å². The van der Waals surface area contributed by atoms with Crippen LogP contribution in [-0.2, 0) is 0 Å². The third kappa shape index (κ3) is 0.722. The lowest BCUT2D eigenvalue weighted by molar-refractivity contribution is 0.221. The number of nitrogens with zero attached hydrogens (tertiary/aromatic N) is 3. The van der Waals surface area contributed by atoms with Crippen LogP contribution in [-0.4, -0.2) is 10.3 Å². The highest BCUT2D eigenvalue weighted by Crippen LogP contribution is 2.07. The molecule has 0 saturated heterocycles. The molecule has 0 saturated carbocycles. The van der Waals surface area contributed by atoms with Gasteiger partial charge in [-0.3, -0.25) is 0 Å². The summed E-state index contributed by atoms with van der Waals surface area (Å²) in [6, 6.07) is 0. The van der Waals surface area contributed by atoms with Crippen LogP contribution in [0.2, 0.25) is 0 Å². The number of hydrogen-bond donors (Lipinski definition) is 0. The normalized spacial score (nSPS) is 9.25. The Morgan fingerprint density at radius 1 is 1.62 bits per heavy atom. The van der Waals surface area contributed by atoms with Gasteiger partial charge in [0.1, 0.15) is 6.20 Å². The van der Waals surface area contributed by atoms with Crippen molar-refractivity contribution in [3.63, 3.8) is 0 Å². The Bertz CT molecular complexity index is 150. The van der Waals surface area contributed by atoms with E-state index in [-0.39, 0.29) is 0 Å². The summed E-state index contributed by atoms with van der Waals surface area (Å²) in [6.45, 7) is 0.